The van der Waals surface area contributed by atoms with Crippen molar-refractivity contribution in [2.45, 2.75) is 32.5 Å². The minimum atomic E-state index is -0.0517. The van der Waals surface area contributed by atoms with Gasteiger partial charge in [0.1, 0.15) is 5.82 Å². The zero-order valence-electron chi connectivity index (χ0n) is 12.1. The van der Waals surface area contributed by atoms with E-state index in [0.717, 1.165) is 29.8 Å². The molecule has 0 aliphatic heterocycles. The maximum atomic E-state index is 5.75. The number of hydrazine groups is 1. The van der Waals surface area contributed by atoms with Crippen LogP contribution in [-0.4, -0.2) is 19.1 Å². The molecule has 1 unspecified atom stereocenters. The maximum Gasteiger partial charge on any atom is 0.129 e. The van der Waals surface area contributed by atoms with E-state index in [4.69, 9.17) is 5.84 Å². The molecule has 0 fully saturated rings. The lowest BCUT2D eigenvalue weighted by atomic mass is 10.2. The van der Waals surface area contributed by atoms with Crippen molar-refractivity contribution >= 4 is 11.0 Å². The molecule has 0 amide bonds. The Morgan fingerprint density at radius 1 is 1.24 bits per heavy atom. The average molecular weight is 284 g/mol. The van der Waals surface area contributed by atoms with Crippen LogP contribution < -0.4 is 11.3 Å². The predicted molar refractivity (Wildman–Crippen MR) is 82.3 cm³/mol. The van der Waals surface area contributed by atoms with E-state index in [9.17, 15) is 0 Å². The molecule has 1 atom stereocenters. The van der Waals surface area contributed by atoms with E-state index >= 15 is 0 Å². The van der Waals surface area contributed by atoms with Crippen molar-refractivity contribution in [3.8, 4) is 0 Å². The van der Waals surface area contributed by atoms with Gasteiger partial charge in [-0.1, -0.05) is 19.1 Å². The summed E-state index contributed by atoms with van der Waals surface area (Å²) in [5.41, 5.74) is 4.97. The highest BCUT2D eigenvalue weighted by Crippen LogP contribution is 2.18. The Morgan fingerprint density at radius 3 is 2.90 bits per heavy atom. The van der Waals surface area contributed by atoms with Crippen molar-refractivity contribution in [2.75, 3.05) is 0 Å². The van der Waals surface area contributed by atoms with Crippen LogP contribution in [0.3, 0.4) is 0 Å². The SMILES string of the molecule is CCCn1ccnc1C(Cn1cnc2ccccc21)NN. The molecule has 6 heteroatoms. The molecule has 21 heavy (non-hydrogen) atoms. The van der Waals surface area contributed by atoms with E-state index in [1.54, 1.807) is 0 Å². The number of hydrogen-bond acceptors (Lipinski definition) is 4. The number of nitrogens with zero attached hydrogens (tertiary/aromatic N) is 4. The summed E-state index contributed by atoms with van der Waals surface area (Å²) in [6, 6.07) is 8.03. The van der Waals surface area contributed by atoms with Crippen LogP contribution in [0.5, 0.6) is 0 Å². The molecule has 3 N–H and O–H groups in total. The van der Waals surface area contributed by atoms with Gasteiger partial charge in [0.2, 0.25) is 0 Å². The molecule has 0 saturated carbocycles. The standard InChI is InChI=1S/C15H20N6/c1-2-8-20-9-7-17-15(20)13(19-16)10-21-11-18-12-5-3-4-6-14(12)21/h3-7,9,11,13,19H,2,8,10,16H2,1H3. The summed E-state index contributed by atoms with van der Waals surface area (Å²) in [4.78, 5) is 8.87. The topological polar surface area (TPSA) is 73.7 Å². The summed E-state index contributed by atoms with van der Waals surface area (Å²) < 4.78 is 4.24. The molecule has 1 aromatic carbocycles. The number of imidazole rings is 2. The van der Waals surface area contributed by atoms with Gasteiger partial charge in [-0.3, -0.25) is 5.84 Å². The number of benzene rings is 1. The Kier molecular flexibility index (Phi) is 3.98. The summed E-state index contributed by atoms with van der Waals surface area (Å²) in [7, 11) is 0. The van der Waals surface area contributed by atoms with E-state index < -0.39 is 0 Å². The number of rotatable bonds is 6. The van der Waals surface area contributed by atoms with Crippen molar-refractivity contribution in [3.63, 3.8) is 0 Å². The van der Waals surface area contributed by atoms with Gasteiger partial charge in [-0.25, -0.2) is 15.4 Å². The quantitative estimate of drug-likeness (QED) is 0.535. The van der Waals surface area contributed by atoms with Gasteiger partial charge in [-0.05, 0) is 18.6 Å². The summed E-state index contributed by atoms with van der Waals surface area (Å²) in [5, 5.41) is 0. The van der Waals surface area contributed by atoms with E-state index in [1.807, 2.05) is 36.9 Å². The zero-order valence-corrected chi connectivity index (χ0v) is 12.1. The Labute approximate surface area is 123 Å². The molecule has 3 aromatic rings. The number of nitrogens with one attached hydrogen (secondary N) is 1. The normalized spacial score (nSPS) is 12.9. The highest BCUT2D eigenvalue weighted by molar-refractivity contribution is 5.74. The molecule has 0 radical (unpaired) electrons. The molecule has 2 aromatic heterocycles. The Bertz CT molecular complexity index is 714. The summed E-state index contributed by atoms with van der Waals surface area (Å²) in [6.07, 6.45) is 6.73. The van der Waals surface area contributed by atoms with Crippen molar-refractivity contribution in [1.29, 1.82) is 0 Å². The smallest absolute Gasteiger partial charge is 0.129 e. The Hall–Kier alpha value is -2.18. The molecule has 0 bridgehead atoms. The van der Waals surface area contributed by atoms with Crippen LogP contribution >= 0.6 is 0 Å². The Balaban J connectivity index is 1.89. The number of aryl methyl sites for hydroxylation is 1. The minimum absolute atomic E-state index is 0.0517. The lowest BCUT2D eigenvalue weighted by molar-refractivity contribution is 0.438. The third-order valence-electron chi connectivity index (χ3n) is 3.63. The van der Waals surface area contributed by atoms with Crippen LogP contribution in [0, 0.1) is 0 Å². The van der Waals surface area contributed by atoms with Crippen LogP contribution in [0.25, 0.3) is 11.0 Å². The lowest BCUT2D eigenvalue weighted by Gasteiger charge is -2.18. The van der Waals surface area contributed by atoms with Crippen molar-refractivity contribution in [1.82, 2.24) is 24.5 Å². The van der Waals surface area contributed by atoms with Gasteiger partial charge < -0.3 is 9.13 Å². The first-order chi connectivity index (χ1) is 10.3. The first-order valence-corrected chi connectivity index (χ1v) is 7.20. The second-order valence-electron chi connectivity index (χ2n) is 5.08. The van der Waals surface area contributed by atoms with Crippen LogP contribution in [0.4, 0.5) is 0 Å². The second-order valence-corrected chi connectivity index (χ2v) is 5.08. The fraction of sp³-hybridized carbons (Fsp3) is 0.333. The summed E-state index contributed by atoms with van der Waals surface area (Å²) >= 11 is 0. The van der Waals surface area contributed by atoms with E-state index in [-0.39, 0.29) is 6.04 Å². The van der Waals surface area contributed by atoms with Crippen molar-refractivity contribution < 1.29 is 0 Å². The van der Waals surface area contributed by atoms with Crippen LogP contribution in [0.2, 0.25) is 0 Å². The highest BCUT2D eigenvalue weighted by atomic mass is 15.3. The molecule has 0 saturated heterocycles. The summed E-state index contributed by atoms with van der Waals surface area (Å²) in [6.45, 7) is 3.79. The molecule has 0 aliphatic rings. The van der Waals surface area contributed by atoms with E-state index in [2.05, 4.69) is 37.5 Å². The van der Waals surface area contributed by atoms with Gasteiger partial charge >= 0.3 is 0 Å². The monoisotopic (exact) mass is 284 g/mol. The Morgan fingerprint density at radius 2 is 2.10 bits per heavy atom. The predicted octanol–water partition coefficient (Wildman–Crippen LogP) is 1.85. The van der Waals surface area contributed by atoms with Crippen molar-refractivity contribution in [3.05, 3.63) is 48.8 Å². The molecule has 0 aliphatic carbocycles. The van der Waals surface area contributed by atoms with Crippen LogP contribution in [0.15, 0.2) is 43.0 Å². The van der Waals surface area contributed by atoms with Gasteiger partial charge in [0.25, 0.3) is 0 Å². The fourth-order valence-corrected chi connectivity index (χ4v) is 2.62. The average Bonchev–Trinajstić information content (AvgIpc) is 3.12. The zero-order chi connectivity index (χ0) is 14.7. The third-order valence-corrected chi connectivity index (χ3v) is 3.63. The molecule has 2 heterocycles. The van der Waals surface area contributed by atoms with Gasteiger partial charge in [-0.2, -0.15) is 0 Å². The lowest BCUT2D eigenvalue weighted by Crippen LogP contribution is -2.33. The number of hydrogen-bond donors (Lipinski definition) is 2. The van der Waals surface area contributed by atoms with Crippen LogP contribution in [-0.2, 0) is 13.1 Å². The fourth-order valence-electron chi connectivity index (χ4n) is 2.62. The summed E-state index contributed by atoms with van der Waals surface area (Å²) in [5.74, 6) is 6.71. The third kappa shape index (κ3) is 2.68. The number of fused-ring (bicyclic) bond motifs is 1. The van der Waals surface area contributed by atoms with Crippen molar-refractivity contribution in [2.24, 2.45) is 5.84 Å². The molecule has 110 valence electrons. The van der Waals surface area contributed by atoms with Gasteiger partial charge in [0.15, 0.2) is 0 Å². The largest absolute Gasteiger partial charge is 0.334 e. The van der Waals surface area contributed by atoms with Gasteiger partial charge in [-0.15, -0.1) is 0 Å². The first kappa shape index (κ1) is 13.8. The highest BCUT2D eigenvalue weighted by Gasteiger charge is 2.17. The molecule has 3 rings (SSSR count). The van der Waals surface area contributed by atoms with Gasteiger partial charge in [0, 0.05) is 25.5 Å². The second kappa shape index (κ2) is 6.07. The van der Waals surface area contributed by atoms with E-state index in [0.29, 0.717) is 6.54 Å². The molecule has 0 spiro atoms. The van der Waals surface area contributed by atoms with E-state index in [1.165, 1.54) is 0 Å². The molecular formula is C15H20N6. The molecular weight excluding hydrogens is 264 g/mol. The number of aromatic nitrogens is 4. The molecule has 6 nitrogen and oxygen atoms in total. The maximum absolute atomic E-state index is 5.75. The minimum Gasteiger partial charge on any atom is -0.334 e. The first-order valence-electron chi connectivity index (χ1n) is 7.20. The number of para-hydroxylation sites is 2. The van der Waals surface area contributed by atoms with Crippen LogP contribution in [0.1, 0.15) is 25.2 Å². The van der Waals surface area contributed by atoms with Gasteiger partial charge in [0.05, 0.1) is 23.4 Å². The number of nitrogens with two attached hydrogens (primary N) is 1.